The van der Waals surface area contributed by atoms with Crippen LogP contribution in [-0.4, -0.2) is 78.3 Å². The fourth-order valence-corrected chi connectivity index (χ4v) is 6.22. The van der Waals surface area contributed by atoms with Gasteiger partial charge in [-0.2, -0.15) is 24.9 Å². The van der Waals surface area contributed by atoms with Crippen LogP contribution in [0.1, 0.15) is 12.5 Å². The van der Waals surface area contributed by atoms with Gasteiger partial charge in [0.1, 0.15) is 0 Å². The first-order valence-electron chi connectivity index (χ1n) is 10.5. The highest BCUT2D eigenvalue weighted by molar-refractivity contribution is 7.99. The van der Waals surface area contributed by atoms with E-state index >= 15 is 0 Å². The molecule has 2 fully saturated rings. The Hall–Kier alpha value is -0.910. The van der Waals surface area contributed by atoms with Crippen LogP contribution in [0.3, 0.4) is 0 Å². The van der Waals surface area contributed by atoms with Crippen molar-refractivity contribution in [2.45, 2.75) is 22.9 Å². The molecule has 4 nitrogen and oxygen atoms in total. The molecule has 0 aliphatic carbocycles. The van der Waals surface area contributed by atoms with E-state index in [9.17, 15) is 18.3 Å². The molecule has 1 aromatic heterocycles. The molecule has 2 aliphatic heterocycles. The first kappa shape index (κ1) is 25.7. The molecule has 2 aliphatic rings. The van der Waals surface area contributed by atoms with E-state index in [1.165, 1.54) is 40.9 Å². The van der Waals surface area contributed by atoms with E-state index in [0.29, 0.717) is 0 Å². The maximum Gasteiger partial charge on any atom is 0.421 e. The van der Waals surface area contributed by atoms with Gasteiger partial charge in [0, 0.05) is 56.5 Å². The molecule has 0 amide bonds. The number of alkyl halides is 3. The Morgan fingerprint density at radius 1 is 0.938 bits per heavy atom. The monoisotopic (exact) mass is 505 g/mol. The lowest BCUT2D eigenvalue weighted by Gasteiger charge is -2.35. The summed E-state index contributed by atoms with van der Waals surface area (Å²) in [4.78, 5) is 4.52. The average molecular weight is 506 g/mol. The van der Waals surface area contributed by atoms with E-state index in [1.807, 2.05) is 6.07 Å². The van der Waals surface area contributed by atoms with Crippen LogP contribution in [0.25, 0.3) is 0 Å². The van der Waals surface area contributed by atoms with Gasteiger partial charge in [0.2, 0.25) is 0 Å². The van der Waals surface area contributed by atoms with E-state index in [-0.39, 0.29) is 5.56 Å². The van der Waals surface area contributed by atoms with Crippen LogP contribution >= 0.6 is 35.0 Å². The first-order chi connectivity index (χ1) is 15.2. The Balaban J connectivity index is 0.000000352. The maximum atomic E-state index is 12.9. The van der Waals surface area contributed by atoms with Gasteiger partial charge >= 0.3 is 6.18 Å². The molecule has 3 heterocycles. The maximum absolute atomic E-state index is 12.9. The van der Waals surface area contributed by atoms with E-state index < -0.39 is 11.8 Å². The second kappa shape index (κ2) is 11.5. The third kappa shape index (κ3) is 7.04. The highest BCUT2D eigenvalue weighted by atomic mass is 32.2. The predicted octanol–water partition coefficient (Wildman–Crippen LogP) is 5.01. The second-order valence-electron chi connectivity index (χ2n) is 7.97. The average Bonchev–Trinajstić information content (AvgIpc) is 3.28. The Kier molecular flexibility index (Phi) is 9.23. The van der Waals surface area contributed by atoms with Crippen molar-refractivity contribution in [2.75, 3.05) is 62.7 Å². The van der Waals surface area contributed by atoms with Gasteiger partial charge in [-0.15, -0.1) is 11.3 Å². The van der Waals surface area contributed by atoms with Crippen LogP contribution in [0.2, 0.25) is 0 Å². The van der Waals surface area contributed by atoms with E-state index in [1.54, 1.807) is 35.4 Å². The Labute approximate surface area is 200 Å². The number of benzene rings is 1. The molecule has 2 saturated heterocycles. The fraction of sp³-hybridized carbons (Fsp3) is 0.545. The van der Waals surface area contributed by atoms with Gasteiger partial charge < -0.3 is 14.9 Å². The minimum Gasteiger partial charge on any atom is -0.376 e. The van der Waals surface area contributed by atoms with Crippen molar-refractivity contribution in [1.29, 1.82) is 0 Å². The minimum atomic E-state index is -4.70. The summed E-state index contributed by atoms with van der Waals surface area (Å²) in [6.07, 6.45) is -4.70. The Morgan fingerprint density at radius 3 is 2.03 bits per heavy atom. The van der Waals surface area contributed by atoms with Crippen molar-refractivity contribution in [3.8, 4) is 0 Å². The highest BCUT2D eigenvalue weighted by Crippen LogP contribution is 2.39. The molecule has 0 spiro atoms. The number of piperazine rings is 1. The lowest BCUT2D eigenvalue weighted by Crippen LogP contribution is -2.43. The van der Waals surface area contributed by atoms with Crippen LogP contribution < -0.4 is 4.90 Å². The first-order valence-corrected chi connectivity index (χ1v) is 13.3. The lowest BCUT2D eigenvalue weighted by molar-refractivity contribution is -0.258. The summed E-state index contributed by atoms with van der Waals surface area (Å²) in [6, 6.07) is 10.1. The molecule has 1 unspecified atom stereocenters. The topological polar surface area (TPSA) is 30.0 Å². The van der Waals surface area contributed by atoms with Crippen LogP contribution in [0, 0.1) is 0 Å². The lowest BCUT2D eigenvalue weighted by atomic mass is 9.95. The summed E-state index contributed by atoms with van der Waals surface area (Å²) in [5, 5.41) is 11.8. The zero-order valence-corrected chi connectivity index (χ0v) is 20.8. The summed E-state index contributed by atoms with van der Waals surface area (Å²) in [5.41, 5.74) is -2.10. The number of hydrogen-bond acceptors (Lipinski definition) is 7. The van der Waals surface area contributed by atoms with Crippen LogP contribution in [0.5, 0.6) is 0 Å². The fourth-order valence-electron chi connectivity index (χ4n) is 3.30. The van der Waals surface area contributed by atoms with Crippen molar-refractivity contribution >= 4 is 40.7 Å². The summed E-state index contributed by atoms with van der Waals surface area (Å²) in [7, 11) is 2.18. The van der Waals surface area contributed by atoms with Crippen molar-refractivity contribution in [2.24, 2.45) is 0 Å². The minimum absolute atomic E-state index is 0.143. The number of thiophene rings is 1. The predicted molar refractivity (Wildman–Crippen MR) is 131 cm³/mol. The molecule has 1 atom stereocenters. The largest absolute Gasteiger partial charge is 0.421 e. The third-order valence-electron chi connectivity index (χ3n) is 5.53. The summed E-state index contributed by atoms with van der Waals surface area (Å²) in [5.74, 6) is 2.66. The molecular weight excluding hydrogens is 475 g/mol. The summed E-state index contributed by atoms with van der Waals surface area (Å²) < 4.78 is 42.3. The van der Waals surface area contributed by atoms with Crippen LogP contribution in [-0.2, 0) is 5.60 Å². The third-order valence-corrected chi connectivity index (χ3v) is 8.59. The number of halogens is 3. The molecule has 1 aromatic carbocycles. The van der Waals surface area contributed by atoms with Gasteiger partial charge in [-0.05, 0) is 55.1 Å². The molecule has 32 heavy (non-hydrogen) atoms. The smallest absolute Gasteiger partial charge is 0.376 e. The number of aliphatic hydroxyl groups is 1. The molecule has 10 heteroatoms. The quantitative estimate of drug-likeness (QED) is 0.588. The Morgan fingerprint density at radius 2 is 1.56 bits per heavy atom. The molecule has 178 valence electrons. The van der Waals surface area contributed by atoms with Crippen molar-refractivity contribution < 1.29 is 18.3 Å². The SMILES string of the molecule is CC(O)(c1ccc(N2CCN(Sc3cccs3)CC2)cc1)C(F)(F)F.CN1CCSCC1. The molecule has 0 radical (unpaired) electrons. The van der Waals surface area contributed by atoms with Crippen molar-refractivity contribution in [1.82, 2.24) is 9.21 Å². The normalized spacial score (nSPS) is 20.4. The van der Waals surface area contributed by atoms with E-state index in [2.05, 4.69) is 44.4 Å². The number of nitrogens with zero attached hydrogens (tertiary/aromatic N) is 3. The molecule has 0 bridgehead atoms. The van der Waals surface area contributed by atoms with Crippen LogP contribution in [0.4, 0.5) is 18.9 Å². The molecule has 1 N–H and O–H groups in total. The van der Waals surface area contributed by atoms with Gasteiger partial charge in [0.05, 0.1) is 4.21 Å². The van der Waals surface area contributed by atoms with Crippen molar-refractivity contribution in [3.05, 3.63) is 47.3 Å². The highest BCUT2D eigenvalue weighted by Gasteiger charge is 2.51. The standard InChI is InChI=1S/C17H19F3N2OS2.C5H11NS/c1-16(23,17(18,19)20)13-4-6-14(7-5-13)21-8-10-22(11-9-21)25-15-3-2-12-24-15;1-6-2-4-7-5-3-6/h2-7,12,23H,8-11H2,1H3;2-5H2,1H3. The van der Waals surface area contributed by atoms with Gasteiger partial charge in [-0.25, -0.2) is 4.31 Å². The van der Waals surface area contributed by atoms with Gasteiger partial charge in [0.25, 0.3) is 0 Å². The number of anilines is 1. The summed E-state index contributed by atoms with van der Waals surface area (Å²) >= 11 is 5.51. The van der Waals surface area contributed by atoms with Gasteiger partial charge in [-0.1, -0.05) is 18.2 Å². The van der Waals surface area contributed by atoms with Crippen molar-refractivity contribution in [3.63, 3.8) is 0 Å². The number of thioether (sulfide) groups is 1. The van der Waals surface area contributed by atoms with Gasteiger partial charge in [0.15, 0.2) is 5.60 Å². The van der Waals surface area contributed by atoms with E-state index in [4.69, 9.17) is 0 Å². The van der Waals surface area contributed by atoms with E-state index in [0.717, 1.165) is 38.8 Å². The van der Waals surface area contributed by atoms with Gasteiger partial charge in [-0.3, -0.25) is 0 Å². The summed E-state index contributed by atoms with van der Waals surface area (Å²) in [6.45, 7) is 6.73. The zero-order valence-electron chi connectivity index (χ0n) is 18.3. The molecular formula is C22H30F3N3OS3. The molecule has 2 aromatic rings. The number of hydrogen-bond donors (Lipinski definition) is 1. The van der Waals surface area contributed by atoms with Crippen LogP contribution in [0.15, 0.2) is 46.0 Å². The molecule has 4 rings (SSSR count). The Bertz CT molecular complexity index is 802. The molecule has 0 saturated carbocycles. The zero-order chi connectivity index (χ0) is 23.2. The second-order valence-corrected chi connectivity index (χ2v) is 11.5. The number of rotatable bonds is 4.